The lowest BCUT2D eigenvalue weighted by atomic mass is 10.1. The molecule has 2 saturated heterocycles. The van der Waals surface area contributed by atoms with E-state index in [-0.39, 0.29) is 18.1 Å². The summed E-state index contributed by atoms with van der Waals surface area (Å²) < 4.78 is 5.98. The van der Waals surface area contributed by atoms with Crippen molar-refractivity contribution in [1.82, 2.24) is 14.8 Å². The minimum absolute atomic E-state index is 0.0864. The second kappa shape index (κ2) is 6.65. The van der Waals surface area contributed by atoms with Crippen molar-refractivity contribution < 1.29 is 9.53 Å². The van der Waals surface area contributed by atoms with Crippen LogP contribution in [-0.2, 0) is 11.3 Å². The van der Waals surface area contributed by atoms with Crippen LogP contribution in [0.3, 0.4) is 0 Å². The molecule has 2 aliphatic heterocycles. The molecule has 3 heterocycles. The number of aromatic nitrogens is 1. The van der Waals surface area contributed by atoms with E-state index in [9.17, 15) is 4.79 Å². The number of rotatable bonds is 3. The average molecular weight is 339 g/mol. The highest BCUT2D eigenvalue weighted by atomic mass is 16.5. The van der Waals surface area contributed by atoms with E-state index in [2.05, 4.69) is 34.1 Å². The number of nitrogens with one attached hydrogen (secondary N) is 1. The number of nitrogens with zero attached hydrogens (tertiary/aromatic N) is 2. The molecule has 2 fully saturated rings. The summed E-state index contributed by atoms with van der Waals surface area (Å²) in [7, 11) is 0. The fourth-order valence-electron chi connectivity index (χ4n) is 4.05. The maximum Gasteiger partial charge on any atom is 0.270 e. The largest absolute Gasteiger partial charge is 0.373 e. The van der Waals surface area contributed by atoms with Crippen LogP contribution in [-0.4, -0.2) is 59.1 Å². The number of ether oxygens (including phenoxy) is 1. The van der Waals surface area contributed by atoms with Crippen molar-refractivity contribution in [2.24, 2.45) is 0 Å². The number of aromatic amines is 1. The van der Waals surface area contributed by atoms with Gasteiger partial charge >= 0.3 is 0 Å². The first kappa shape index (κ1) is 16.4. The first-order valence-electron chi connectivity index (χ1n) is 8.97. The van der Waals surface area contributed by atoms with Gasteiger partial charge in [-0.1, -0.05) is 30.3 Å². The molecule has 1 aromatic heterocycles. The molecule has 0 spiro atoms. The van der Waals surface area contributed by atoms with E-state index in [1.165, 1.54) is 5.56 Å². The van der Waals surface area contributed by atoms with Gasteiger partial charge in [-0.3, -0.25) is 9.69 Å². The summed E-state index contributed by atoms with van der Waals surface area (Å²) in [6.45, 7) is 7.93. The maximum absolute atomic E-state index is 12.9. The topological polar surface area (TPSA) is 48.6 Å². The molecule has 0 radical (unpaired) electrons. The van der Waals surface area contributed by atoms with E-state index in [4.69, 9.17) is 4.74 Å². The van der Waals surface area contributed by atoms with Crippen molar-refractivity contribution in [3.8, 4) is 0 Å². The number of benzene rings is 1. The standard InChI is InChI=1S/C20H25N3O2/c1-14-10-15(2)21-19(14)20(24)23-12-17-18(13-23)25-9-8-22(17)11-16-6-4-3-5-7-16/h3-7,10,17-18,21H,8-9,11-13H2,1-2H3/t17-,18-/m0/s1. The molecule has 2 aliphatic rings. The fourth-order valence-corrected chi connectivity index (χ4v) is 4.05. The Morgan fingerprint density at radius 1 is 1.24 bits per heavy atom. The quantitative estimate of drug-likeness (QED) is 0.934. The van der Waals surface area contributed by atoms with Crippen molar-refractivity contribution in [3.05, 3.63) is 58.9 Å². The Hall–Kier alpha value is -2.11. The zero-order valence-electron chi connectivity index (χ0n) is 14.9. The third-order valence-electron chi connectivity index (χ3n) is 5.30. The summed E-state index contributed by atoms with van der Waals surface area (Å²) in [5, 5.41) is 0. The van der Waals surface area contributed by atoms with E-state index in [1.807, 2.05) is 30.9 Å². The third kappa shape index (κ3) is 3.22. The van der Waals surface area contributed by atoms with Gasteiger partial charge in [0.2, 0.25) is 0 Å². The number of likely N-dealkylation sites (tertiary alicyclic amines) is 1. The molecule has 0 aliphatic carbocycles. The summed E-state index contributed by atoms with van der Waals surface area (Å²) in [6.07, 6.45) is 0.109. The molecule has 0 unspecified atom stereocenters. The number of hydrogen-bond acceptors (Lipinski definition) is 3. The summed E-state index contributed by atoms with van der Waals surface area (Å²) in [5.74, 6) is 0.0864. The number of aryl methyl sites for hydroxylation is 2. The molecule has 132 valence electrons. The molecule has 0 bridgehead atoms. The molecular formula is C20H25N3O2. The highest BCUT2D eigenvalue weighted by Gasteiger charge is 2.42. The van der Waals surface area contributed by atoms with Gasteiger partial charge in [0, 0.05) is 31.9 Å². The first-order valence-corrected chi connectivity index (χ1v) is 8.97. The third-order valence-corrected chi connectivity index (χ3v) is 5.30. The van der Waals surface area contributed by atoms with Gasteiger partial charge in [0.15, 0.2) is 0 Å². The number of hydrogen-bond donors (Lipinski definition) is 1. The lowest BCUT2D eigenvalue weighted by Gasteiger charge is -2.36. The van der Waals surface area contributed by atoms with Crippen molar-refractivity contribution in [2.45, 2.75) is 32.5 Å². The van der Waals surface area contributed by atoms with Crippen molar-refractivity contribution >= 4 is 5.91 Å². The second-order valence-electron chi connectivity index (χ2n) is 7.15. The Kier molecular flexibility index (Phi) is 4.36. The highest BCUT2D eigenvalue weighted by molar-refractivity contribution is 5.94. The molecule has 1 N–H and O–H groups in total. The Balaban J connectivity index is 1.49. The van der Waals surface area contributed by atoms with Crippen LogP contribution in [0.25, 0.3) is 0 Å². The Morgan fingerprint density at radius 3 is 2.76 bits per heavy atom. The van der Waals surface area contributed by atoms with E-state index in [0.29, 0.717) is 12.2 Å². The molecule has 5 nitrogen and oxygen atoms in total. The van der Waals surface area contributed by atoms with E-state index in [1.54, 1.807) is 0 Å². The maximum atomic E-state index is 12.9. The number of morpholine rings is 1. The monoisotopic (exact) mass is 339 g/mol. The van der Waals surface area contributed by atoms with Crippen LogP contribution in [0, 0.1) is 13.8 Å². The highest BCUT2D eigenvalue weighted by Crippen LogP contribution is 2.26. The molecule has 0 saturated carbocycles. The second-order valence-corrected chi connectivity index (χ2v) is 7.15. The molecule has 25 heavy (non-hydrogen) atoms. The van der Waals surface area contributed by atoms with Crippen LogP contribution >= 0.6 is 0 Å². The van der Waals surface area contributed by atoms with E-state index >= 15 is 0 Å². The number of fused-ring (bicyclic) bond motifs is 1. The first-order chi connectivity index (χ1) is 12.1. The van der Waals surface area contributed by atoms with Crippen molar-refractivity contribution in [2.75, 3.05) is 26.2 Å². The Bertz CT molecular complexity index is 756. The van der Waals surface area contributed by atoms with Crippen LogP contribution in [0.5, 0.6) is 0 Å². The summed E-state index contributed by atoms with van der Waals surface area (Å²) in [4.78, 5) is 20.5. The van der Waals surface area contributed by atoms with Gasteiger partial charge in [-0.2, -0.15) is 0 Å². The van der Waals surface area contributed by atoms with Crippen LogP contribution in [0.15, 0.2) is 36.4 Å². The predicted molar refractivity (Wildman–Crippen MR) is 96.6 cm³/mol. The van der Waals surface area contributed by atoms with E-state index < -0.39 is 0 Å². The van der Waals surface area contributed by atoms with Crippen LogP contribution in [0.1, 0.15) is 27.3 Å². The minimum atomic E-state index is 0.0864. The summed E-state index contributed by atoms with van der Waals surface area (Å²) in [5.41, 5.74) is 4.06. The lowest BCUT2D eigenvalue weighted by Crippen LogP contribution is -2.50. The van der Waals surface area contributed by atoms with E-state index in [0.717, 1.165) is 37.5 Å². The van der Waals surface area contributed by atoms with Gasteiger partial charge in [0.05, 0.1) is 18.8 Å². The van der Waals surface area contributed by atoms with Crippen LogP contribution in [0.4, 0.5) is 0 Å². The molecule has 2 atom stereocenters. The van der Waals surface area contributed by atoms with Crippen LogP contribution < -0.4 is 0 Å². The molecule has 1 aromatic carbocycles. The minimum Gasteiger partial charge on any atom is -0.373 e. The predicted octanol–water partition coefficient (Wildman–Crippen LogP) is 2.36. The number of amides is 1. The summed E-state index contributed by atoms with van der Waals surface area (Å²) in [6, 6.07) is 12.8. The average Bonchev–Trinajstić information content (AvgIpc) is 3.19. The van der Waals surface area contributed by atoms with Crippen LogP contribution in [0.2, 0.25) is 0 Å². The number of carbonyl (C=O) groups is 1. The zero-order chi connectivity index (χ0) is 17.4. The van der Waals surface area contributed by atoms with Gasteiger partial charge in [-0.25, -0.2) is 0 Å². The van der Waals surface area contributed by atoms with Gasteiger partial charge in [-0.15, -0.1) is 0 Å². The normalized spacial score (nSPS) is 23.7. The smallest absolute Gasteiger partial charge is 0.270 e. The fraction of sp³-hybridized carbons (Fsp3) is 0.450. The Labute approximate surface area is 148 Å². The van der Waals surface area contributed by atoms with Crippen molar-refractivity contribution in [3.63, 3.8) is 0 Å². The molecular weight excluding hydrogens is 314 g/mol. The SMILES string of the molecule is Cc1cc(C)c(C(=O)N2C[C@@H]3OCCN(Cc4ccccc4)[C@H]3C2)[nH]1. The zero-order valence-corrected chi connectivity index (χ0v) is 14.9. The van der Waals surface area contributed by atoms with Crippen molar-refractivity contribution in [1.29, 1.82) is 0 Å². The molecule has 2 aromatic rings. The van der Waals surface area contributed by atoms with Gasteiger partial charge in [0.25, 0.3) is 5.91 Å². The Morgan fingerprint density at radius 2 is 2.04 bits per heavy atom. The lowest BCUT2D eigenvalue weighted by molar-refractivity contribution is -0.0503. The van der Waals surface area contributed by atoms with Gasteiger partial charge in [0.1, 0.15) is 5.69 Å². The summed E-state index contributed by atoms with van der Waals surface area (Å²) >= 11 is 0. The molecule has 4 rings (SSSR count). The molecule has 1 amide bonds. The van der Waals surface area contributed by atoms with Gasteiger partial charge in [-0.05, 0) is 31.0 Å². The number of carbonyl (C=O) groups excluding carboxylic acids is 1. The number of H-pyrrole nitrogens is 1. The molecule has 5 heteroatoms. The van der Waals surface area contributed by atoms with Gasteiger partial charge < -0.3 is 14.6 Å².